The fraction of sp³-hybridized carbons (Fsp3) is 0.787. The number of hydrogen-bond donors (Lipinski definition) is 7. The molecule has 2 aliphatic rings. The van der Waals surface area contributed by atoms with Crippen molar-refractivity contribution in [2.24, 2.45) is 0 Å². The molecule has 434 valence electrons. The molecule has 0 aliphatic carbocycles. The summed E-state index contributed by atoms with van der Waals surface area (Å²) in [6.07, 6.45) is 43.9. The van der Waals surface area contributed by atoms with Gasteiger partial charge in [-0.3, -0.25) is 4.79 Å². The van der Waals surface area contributed by atoms with Gasteiger partial charge in [0.25, 0.3) is 0 Å². The molecule has 2 heterocycles. The first-order chi connectivity index (χ1) is 36.6. The lowest BCUT2D eigenvalue weighted by Gasteiger charge is -2.42. The number of hydrogen-bond acceptors (Lipinski definition) is 14. The van der Waals surface area contributed by atoms with E-state index in [1.165, 1.54) is 83.5 Å². The number of aliphatic hydroxyl groups is 7. The highest BCUT2D eigenvalue weighted by molar-refractivity contribution is 5.69. The van der Waals surface area contributed by atoms with Crippen LogP contribution in [0.2, 0.25) is 0 Å². The Morgan fingerprint density at radius 2 is 0.867 bits per heavy atom. The van der Waals surface area contributed by atoms with Crippen LogP contribution in [0.5, 0.6) is 0 Å². The number of carbonyl (C=O) groups excluding carboxylic acids is 1. The standard InChI is InChI=1S/C61H106O14/c1-3-5-7-9-11-13-15-17-19-21-22-23-24-25-26-27-29-31-33-35-37-39-41-43-45-70-47-50(73-53(63)44-42-40-38-36-34-32-30-28-20-18-16-14-12-10-8-6-4-2)48-71-60-59(69)57(67)55(65)52(75-60)49-72-61-58(68)56(66)54(64)51(46-62)74-61/h5,7,11,13,17,19,22-23,25-26,29,31,50-52,54-62,64-69H,3-4,6,8-10,12,14-16,18,20-21,24,27-28,30,32-49H2,1-2H3/b7-5-,13-11-,19-17-,23-22-,26-25-,31-29-. The molecule has 0 aromatic heterocycles. The number of unbranched alkanes of at least 4 members (excludes halogenated alkanes) is 21. The molecule has 14 heteroatoms. The first kappa shape index (κ1) is 68.5. The molecule has 0 bridgehead atoms. The van der Waals surface area contributed by atoms with Crippen molar-refractivity contribution in [1.29, 1.82) is 0 Å². The van der Waals surface area contributed by atoms with Crippen LogP contribution in [-0.4, -0.2) is 142 Å². The summed E-state index contributed by atoms with van der Waals surface area (Å²) in [6.45, 7) is 3.54. The zero-order valence-corrected chi connectivity index (χ0v) is 46.5. The Hall–Kier alpha value is -2.57. The Labute approximate surface area is 453 Å². The molecule has 0 saturated carbocycles. The van der Waals surface area contributed by atoms with Gasteiger partial charge >= 0.3 is 5.97 Å². The van der Waals surface area contributed by atoms with Crippen LogP contribution in [0.1, 0.15) is 206 Å². The highest BCUT2D eigenvalue weighted by atomic mass is 16.7. The van der Waals surface area contributed by atoms with Gasteiger partial charge in [0.1, 0.15) is 54.9 Å². The van der Waals surface area contributed by atoms with Crippen LogP contribution < -0.4 is 0 Å². The molecule has 11 atom stereocenters. The molecule has 2 fully saturated rings. The molecular formula is C61H106O14. The highest BCUT2D eigenvalue weighted by Gasteiger charge is 2.47. The van der Waals surface area contributed by atoms with E-state index in [1.54, 1.807) is 0 Å². The van der Waals surface area contributed by atoms with Crippen LogP contribution in [0, 0.1) is 0 Å². The topological polar surface area (TPSA) is 214 Å². The van der Waals surface area contributed by atoms with E-state index in [2.05, 4.69) is 86.8 Å². The van der Waals surface area contributed by atoms with E-state index in [0.29, 0.717) is 13.0 Å². The molecular weight excluding hydrogens is 957 g/mol. The second kappa shape index (κ2) is 47.4. The van der Waals surface area contributed by atoms with Crippen LogP contribution in [0.3, 0.4) is 0 Å². The first-order valence-electron chi connectivity index (χ1n) is 29.5. The maximum atomic E-state index is 13.1. The lowest BCUT2D eigenvalue weighted by molar-refractivity contribution is -0.332. The maximum Gasteiger partial charge on any atom is 0.306 e. The molecule has 0 radical (unpaired) electrons. The van der Waals surface area contributed by atoms with Gasteiger partial charge in [-0.15, -0.1) is 0 Å². The Bertz CT molecular complexity index is 1510. The lowest BCUT2D eigenvalue weighted by atomic mass is 9.98. The molecule has 75 heavy (non-hydrogen) atoms. The van der Waals surface area contributed by atoms with E-state index < -0.39 is 80.7 Å². The Morgan fingerprint density at radius 3 is 1.36 bits per heavy atom. The van der Waals surface area contributed by atoms with Gasteiger partial charge in [-0.05, 0) is 64.2 Å². The molecule has 11 unspecified atom stereocenters. The summed E-state index contributed by atoms with van der Waals surface area (Å²) in [5.74, 6) is -0.383. The number of esters is 1. The molecule has 0 spiro atoms. The fourth-order valence-corrected chi connectivity index (χ4v) is 9.00. The molecule has 0 amide bonds. The molecule has 2 aliphatic heterocycles. The van der Waals surface area contributed by atoms with Gasteiger partial charge in [0.05, 0.1) is 26.4 Å². The number of rotatable bonds is 47. The second-order valence-electron chi connectivity index (χ2n) is 20.4. The van der Waals surface area contributed by atoms with Crippen LogP contribution in [0.4, 0.5) is 0 Å². The molecule has 2 saturated heterocycles. The predicted octanol–water partition coefficient (Wildman–Crippen LogP) is 10.6. The van der Waals surface area contributed by atoms with E-state index in [1.807, 2.05) is 0 Å². The smallest absolute Gasteiger partial charge is 0.306 e. The third-order valence-electron chi connectivity index (χ3n) is 13.7. The minimum absolute atomic E-state index is 0.0467. The van der Waals surface area contributed by atoms with Crippen molar-refractivity contribution in [3.05, 3.63) is 72.9 Å². The van der Waals surface area contributed by atoms with E-state index in [-0.39, 0.29) is 25.6 Å². The predicted molar refractivity (Wildman–Crippen MR) is 298 cm³/mol. The SMILES string of the molecule is CC/C=C\C/C=C\C/C=C\C/C=C\C/C=C\C/C=C\CCCCCCCOCC(COC1OC(COC2OC(CO)C(O)C(O)C2O)C(O)C(O)C1O)OC(=O)CCCCCCCCCCCCCCCCCCC. The maximum absolute atomic E-state index is 13.1. The third kappa shape index (κ3) is 34.1. The Kier molecular flexibility index (Phi) is 43.3. The van der Waals surface area contributed by atoms with Crippen molar-refractivity contribution >= 4 is 5.97 Å². The van der Waals surface area contributed by atoms with Gasteiger partial charge in [0.15, 0.2) is 12.6 Å². The van der Waals surface area contributed by atoms with Crippen LogP contribution in [0.25, 0.3) is 0 Å². The monoisotopic (exact) mass is 1060 g/mol. The first-order valence-corrected chi connectivity index (χ1v) is 29.5. The van der Waals surface area contributed by atoms with Crippen LogP contribution in [-0.2, 0) is 33.2 Å². The minimum atomic E-state index is -1.71. The summed E-state index contributed by atoms with van der Waals surface area (Å²) >= 11 is 0. The second-order valence-corrected chi connectivity index (χ2v) is 20.4. The summed E-state index contributed by atoms with van der Waals surface area (Å²) in [7, 11) is 0. The van der Waals surface area contributed by atoms with Crippen LogP contribution in [0.15, 0.2) is 72.9 Å². The van der Waals surface area contributed by atoms with Crippen LogP contribution >= 0.6 is 0 Å². The van der Waals surface area contributed by atoms with Gasteiger partial charge in [-0.2, -0.15) is 0 Å². The quantitative estimate of drug-likeness (QED) is 0.0172. The highest BCUT2D eigenvalue weighted by Crippen LogP contribution is 2.27. The third-order valence-corrected chi connectivity index (χ3v) is 13.7. The van der Waals surface area contributed by atoms with Gasteiger partial charge < -0.3 is 64.2 Å². The number of allylic oxidation sites excluding steroid dienone is 12. The van der Waals surface area contributed by atoms with E-state index >= 15 is 0 Å². The summed E-state index contributed by atoms with van der Waals surface area (Å²) in [6, 6.07) is 0. The van der Waals surface area contributed by atoms with E-state index in [9.17, 15) is 40.5 Å². The fourth-order valence-electron chi connectivity index (χ4n) is 9.00. The summed E-state index contributed by atoms with van der Waals surface area (Å²) < 4.78 is 34.4. The zero-order chi connectivity index (χ0) is 54.4. The Morgan fingerprint density at radius 1 is 0.453 bits per heavy atom. The summed E-state index contributed by atoms with van der Waals surface area (Å²) in [5, 5.41) is 72.4. The minimum Gasteiger partial charge on any atom is -0.457 e. The number of ether oxygens (including phenoxy) is 6. The molecule has 0 aromatic carbocycles. The van der Waals surface area contributed by atoms with Crippen molar-refractivity contribution in [3.63, 3.8) is 0 Å². The molecule has 7 N–H and O–H groups in total. The normalized spacial score (nSPS) is 25.1. The van der Waals surface area contributed by atoms with Gasteiger partial charge in [-0.1, -0.05) is 209 Å². The summed E-state index contributed by atoms with van der Waals surface area (Å²) in [4.78, 5) is 13.1. The van der Waals surface area contributed by atoms with Crippen molar-refractivity contribution in [3.8, 4) is 0 Å². The number of aliphatic hydroxyl groups excluding tert-OH is 7. The zero-order valence-electron chi connectivity index (χ0n) is 46.5. The van der Waals surface area contributed by atoms with E-state index in [0.717, 1.165) is 96.3 Å². The number of carbonyl (C=O) groups is 1. The average Bonchev–Trinajstić information content (AvgIpc) is 3.41. The summed E-state index contributed by atoms with van der Waals surface area (Å²) in [5.41, 5.74) is 0. The lowest BCUT2D eigenvalue weighted by Crippen LogP contribution is -2.61. The van der Waals surface area contributed by atoms with Crippen molar-refractivity contribution in [2.75, 3.05) is 33.0 Å². The van der Waals surface area contributed by atoms with Crippen molar-refractivity contribution in [1.82, 2.24) is 0 Å². The van der Waals surface area contributed by atoms with E-state index in [4.69, 9.17) is 28.4 Å². The largest absolute Gasteiger partial charge is 0.457 e. The molecule has 14 nitrogen and oxygen atoms in total. The van der Waals surface area contributed by atoms with Gasteiger partial charge in [0.2, 0.25) is 0 Å². The van der Waals surface area contributed by atoms with Crippen molar-refractivity contribution < 1.29 is 69.0 Å². The average molecular weight is 1060 g/mol. The van der Waals surface area contributed by atoms with Gasteiger partial charge in [-0.25, -0.2) is 0 Å². The Balaban J connectivity index is 1.72. The van der Waals surface area contributed by atoms with Gasteiger partial charge in [0, 0.05) is 13.0 Å². The van der Waals surface area contributed by atoms with Crippen molar-refractivity contribution in [2.45, 2.75) is 274 Å². The molecule has 0 aromatic rings. The molecule has 2 rings (SSSR count).